The lowest BCUT2D eigenvalue weighted by Gasteiger charge is -2.35. The highest BCUT2D eigenvalue weighted by Crippen LogP contribution is 2.33. The molecule has 1 heterocycles. The number of rotatable bonds is 5. The zero-order valence-corrected chi connectivity index (χ0v) is 14.2. The lowest BCUT2D eigenvalue weighted by atomic mass is 9.78. The summed E-state index contributed by atoms with van der Waals surface area (Å²) in [6.07, 6.45) is -3.22. The molecule has 8 heteroatoms. The molecule has 0 spiro atoms. The van der Waals surface area contributed by atoms with Crippen LogP contribution in [-0.2, 0) is 22.3 Å². The first-order valence-electron chi connectivity index (χ1n) is 7.52. The molecule has 0 bridgehead atoms. The third-order valence-corrected chi connectivity index (χ3v) is 4.23. The van der Waals surface area contributed by atoms with Crippen molar-refractivity contribution in [3.63, 3.8) is 0 Å². The van der Waals surface area contributed by atoms with Crippen molar-refractivity contribution in [3.05, 3.63) is 35.4 Å². The van der Waals surface area contributed by atoms with Crippen molar-refractivity contribution in [2.24, 2.45) is 5.41 Å². The van der Waals surface area contributed by atoms with Crippen molar-refractivity contribution in [2.45, 2.75) is 25.6 Å². The van der Waals surface area contributed by atoms with Crippen molar-refractivity contribution in [3.8, 4) is 0 Å². The minimum absolute atomic E-state index is 0. The van der Waals surface area contributed by atoms with E-state index in [-0.39, 0.29) is 37.0 Å². The Morgan fingerprint density at radius 1 is 1.29 bits per heavy atom. The summed E-state index contributed by atoms with van der Waals surface area (Å²) < 4.78 is 44.1. The van der Waals surface area contributed by atoms with Crippen molar-refractivity contribution in [1.82, 2.24) is 10.6 Å². The maximum atomic E-state index is 13.0. The van der Waals surface area contributed by atoms with Crippen LogP contribution in [0.3, 0.4) is 0 Å². The monoisotopic (exact) mass is 366 g/mol. The van der Waals surface area contributed by atoms with E-state index in [0.717, 1.165) is 6.07 Å². The van der Waals surface area contributed by atoms with E-state index in [0.29, 0.717) is 25.9 Å². The largest absolute Gasteiger partial charge is 0.416 e. The van der Waals surface area contributed by atoms with E-state index in [9.17, 15) is 18.0 Å². The van der Waals surface area contributed by atoms with Gasteiger partial charge in [0, 0.05) is 13.7 Å². The summed E-state index contributed by atoms with van der Waals surface area (Å²) in [5.41, 5.74) is -1.33. The number of nitrogens with one attached hydrogen (secondary N) is 2. The van der Waals surface area contributed by atoms with Crippen LogP contribution in [0.2, 0.25) is 0 Å². The molecule has 0 radical (unpaired) electrons. The van der Waals surface area contributed by atoms with Gasteiger partial charge in [-0.25, -0.2) is 0 Å². The second kappa shape index (κ2) is 8.69. The third kappa shape index (κ3) is 4.84. The first kappa shape index (κ1) is 20.7. The van der Waals surface area contributed by atoms with E-state index in [1.165, 1.54) is 25.3 Å². The molecule has 2 N–H and O–H groups in total. The molecule has 1 amide bonds. The van der Waals surface area contributed by atoms with Gasteiger partial charge in [0.1, 0.15) is 0 Å². The number of alkyl halides is 3. The summed E-state index contributed by atoms with van der Waals surface area (Å²) in [6, 6.07) is 5.28. The van der Waals surface area contributed by atoms with Crippen LogP contribution in [0.25, 0.3) is 0 Å². The Kier molecular flexibility index (Phi) is 7.51. The fraction of sp³-hybridized carbons (Fsp3) is 0.562. The zero-order valence-electron chi connectivity index (χ0n) is 13.4. The number of benzene rings is 1. The van der Waals surface area contributed by atoms with Crippen LogP contribution in [0, 0.1) is 5.41 Å². The lowest BCUT2D eigenvalue weighted by Crippen LogP contribution is -2.50. The molecule has 1 aliphatic heterocycles. The third-order valence-electron chi connectivity index (χ3n) is 4.23. The van der Waals surface area contributed by atoms with Crippen LogP contribution in [0.4, 0.5) is 13.2 Å². The van der Waals surface area contributed by atoms with E-state index in [1.807, 2.05) is 0 Å². The van der Waals surface area contributed by atoms with Crippen molar-refractivity contribution >= 4 is 18.3 Å². The predicted octanol–water partition coefficient (Wildman–Crippen LogP) is 2.76. The topological polar surface area (TPSA) is 50.4 Å². The Labute approximate surface area is 145 Å². The number of carbonyl (C=O) groups is 1. The van der Waals surface area contributed by atoms with Gasteiger partial charge in [-0.2, -0.15) is 13.2 Å². The van der Waals surface area contributed by atoms with Crippen LogP contribution < -0.4 is 10.6 Å². The normalized spacial score (nSPS) is 17.0. The molecule has 24 heavy (non-hydrogen) atoms. The SMILES string of the molecule is COCC1(C(=O)NCc2ccccc2C(F)(F)F)CCNCC1.Cl. The number of piperidine rings is 1. The Balaban J connectivity index is 0.00000288. The van der Waals surface area contributed by atoms with Crippen LogP contribution in [0.5, 0.6) is 0 Å². The Morgan fingerprint density at radius 3 is 2.50 bits per heavy atom. The molecule has 1 aromatic carbocycles. The molecule has 1 fully saturated rings. The van der Waals surface area contributed by atoms with E-state index in [1.54, 1.807) is 0 Å². The highest BCUT2D eigenvalue weighted by atomic mass is 35.5. The fourth-order valence-electron chi connectivity index (χ4n) is 2.93. The molecule has 1 aliphatic rings. The van der Waals surface area contributed by atoms with Crippen LogP contribution in [0.15, 0.2) is 24.3 Å². The number of ether oxygens (including phenoxy) is 1. The quantitative estimate of drug-likeness (QED) is 0.842. The summed E-state index contributed by atoms with van der Waals surface area (Å²) in [5.74, 6) is -0.252. The molecule has 1 saturated heterocycles. The molecule has 0 aliphatic carbocycles. The van der Waals surface area contributed by atoms with Gasteiger partial charge < -0.3 is 15.4 Å². The van der Waals surface area contributed by atoms with Gasteiger partial charge in [0.05, 0.1) is 17.6 Å². The zero-order chi connectivity index (χ0) is 16.9. The predicted molar refractivity (Wildman–Crippen MR) is 87.0 cm³/mol. The molecular weight excluding hydrogens is 345 g/mol. The standard InChI is InChI=1S/C16H21F3N2O2.ClH/c1-23-11-15(6-8-20-9-7-15)14(22)21-10-12-4-2-3-5-13(12)16(17,18)19;/h2-5,20H,6-11H2,1H3,(H,21,22);1H. The van der Waals surface area contributed by atoms with Crippen LogP contribution in [0.1, 0.15) is 24.0 Å². The molecule has 4 nitrogen and oxygen atoms in total. The van der Waals surface area contributed by atoms with Gasteiger partial charge in [-0.05, 0) is 37.6 Å². The van der Waals surface area contributed by atoms with E-state index in [2.05, 4.69) is 10.6 Å². The van der Waals surface area contributed by atoms with Crippen molar-refractivity contribution < 1.29 is 22.7 Å². The average molecular weight is 367 g/mol. The Hall–Kier alpha value is -1.31. The summed E-state index contributed by atoms with van der Waals surface area (Å²) >= 11 is 0. The highest BCUT2D eigenvalue weighted by Gasteiger charge is 2.40. The minimum atomic E-state index is -4.43. The number of halogens is 4. The molecule has 0 unspecified atom stereocenters. The summed E-state index contributed by atoms with van der Waals surface area (Å²) in [4.78, 5) is 12.5. The van der Waals surface area contributed by atoms with Crippen molar-refractivity contribution in [1.29, 1.82) is 0 Å². The Morgan fingerprint density at radius 2 is 1.92 bits per heavy atom. The fourth-order valence-corrected chi connectivity index (χ4v) is 2.93. The molecule has 136 valence electrons. The summed E-state index contributed by atoms with van der Waals surface area (Å²) in [7, 11) is 1.52. The average Bonchev–Trinajstić information content (AvgIpc) is 2.53. The van der Waals surface area contributed by atoms with Crippen LogP contribution in [-0.4, -0.2) is 32.7 Å². The van der Waals surface area contributed by atoms with E-state index >= 15 is 0 Å². The van der Waals surface area contributed by atoms with Crippen LogP contribution >= 0.6 is 12.4 Å². The molecular formula is C16H22ClF3N2O2. The smallest absolute Gasteiger partial charge is 0.384 e. The number of methoxy groups -OCH3 is 1. The molecule has 1 aromatic rings. The number of hydrogen-bond acceptors (Lipinski definition) is 3. The van der Waals surface area contributed by atoms with E-state index in [4.69, 9.17) is 4.74 Å². The van der Waals surface area contributed by atoms with Crippen molar-refractivity contribution in [2.75, 3.05) is 26.8 Å². The molecule has 0 aromatic heterocycles. The van der Waals surface area contributed by atoms with Gasteiger partial charge in [-0.1, -0.05) is 18.2 Å². The molecule has 2 rings (SSSR count). The lowest BCUT2D eigenvalue weighted by molar-refractivity contribution is -0.140. The summed E-state index contributed by atoms with van der Waals surface area (Å²) in [5, 5.41) is 5.83. The van der Waals surface area contributed by atoms with Gasteiger partial charge in [0.2, 0.25) is 5.91 Å². The second-order valence-corrected chi connectivity index (χ2v) is 5.80. The van der Waals surface area contributed by atoms with Gasteiger partial charge in [0.25, 0.3) is 0 Å². The first-order valence-corrected chi connectivity index (χ1v) is 7.52. The maximum absolute atomic E-state index is 13.0. The van der Waals surface area contributed by atoms with Gasteiger partial charge in [-0.15, -0.1) is 12.4 Å². The van der Waals surface area contributed by atoms with Gasteiger partial charge >= 0.3 is 6.18 Å². The van der Waals surface area contributed by atoms with Gasteiger partial charge in [0.15, 0.2) is 0 Å². The molecule has 0 atom stereocenters. The maximum Gasteiger partial charge on any atom is 0.416 e. The number of carbonyl (C=O) groups excluding carboxylic acids is 1. The van der Waals surface area contributed by atoms with E-state index < -0.39 is 17.2 Å². The second-order valence-electron chi connectivity index (χ2n) is 5.80. The first-order chi connectivity index (χ1) is 10.9. The highest BCUT2D eigenvalue weighted by molar-refractivity contribution is 5.85. The minimum Gasteiger partial charge on any atom is -0.384 e. The van der Waals surface area contributed by atoms with Gasteiger partial charge in [-0.3, -0.25) is 4.79 Å². The Bertz CT molecular complexity index is 541. The number of amides is 1. The summed E-state index contributed by atoms with van der Waals surface area (Å²) in [6.45, 7) is 1.50. The molecule has 0 saturated carbocycles. The number of hydrogen-bond donors (Lipinski definition) is 2.